The van der Waals surface area contributed by atoms with E-state index in [1.807, 2.05) is 11.3 Å². The molecule has 1 heterocycles. The van der Waals surface area contributed by atoms with Crippen molar-refractivity contribution in [2.24, 2.45) is 17.3 Å². The molecule has 1 aliphatic rings. The zero-order valence-corrected chi connectivity index (χ0v) is 13.4. The Morgan fingerprint density at radius 2 is 1.94 bits per heavy atom. The normalized spacial score (nSPS) is 30.1. The van der Waals surface area contributed by atoms with Gasteiger partial charge in [-0.05, 0) is 35.2 Å². The summed E-state index contributed by atoms with van der Waals surface area (Å²) in [4.78, 5) is 1.58. The Labute approximate surface area is 116 Å². The van der Waals surface area contributed by atoms with Gasteiger partial charge in [0.2, 0.25) is 0 Å². The van der Waals surface area contributed by atoms with Crippen molar-refractivity contribution in [2.75, 3.05) is 6.54 Å². The van der Waals surface area contributed by atoms with Gasteiger partial charge in [0.25, 0.3) is 0 Å². The summed E-state index contributed by atoms with van der Waals surface area (Å²) >= 11 is 1.93. The van der Waals surface area contributed by atoms with E-state index >= 15 is 0 Å². The van der Waals surface area contributed by atoms with Crippen molar-refractivity contribution >= 4 is 11.3 Å². The smallest absolute Gasteiger partial charge is 0.0170 e. The van der Waals surface area contributed by atoms with Crippen LogP contribution in [0.3, 0.4) is 0 Å². The first-order chi connectivity index (χ1) is 8.35. The molecule has 1 fully saturated rings. The van der Waals surface area contributed by atoms with E-state index in [0.29, 0.717) is 22.8 Å². The third-order valence-electron chi connectivity index (χ3n) is 4.97. The molecule has 1 aromatic heterocycles. The molecule has 0 amide bonds. The first kappa shape index (κ1) is 14.1. The Balaban J connectivity index is 2.27. The fourth-order valence-electron chi connectivity index (χ4n) is 4.11. The van der Waals surface area contributed by atoms with Crippen molar-refractivity contribution in [2.45, 2.75) is 53.0 Å². The maximum Gasteiger partial charge on any atom is 0.0170 e. The fourth-order valence-corrected chi connectivity index (χ4v) is 5.41. The molecule has 0 spiro atoms. The lowest BCUT2D eigenvalue weighted by Crippen LogP contribution is -2.28. The number of hydrogen-bond acceptors (Lipinski definition) is 2. The Morgan fingerprint density at radius 3 is 2.39 bits per heavy atom. The third kappa shape index (κ3) is 1.85. The van der Waals surface area contributed by atoms with E-state index in [1.54, 1.807) is 4.88 Å². The zero-order chi connectivity index (χ0) is 13.6. The van der Waals surface area contributed by atoms with Crippen LogP contribution in [0.4, 0.5) is 0 Å². The Morgan fingerprint density at radius 1 is 1.28 bits per heavy atom. The molecule has 18 heavy (non-hydrogen) atoms. The predicted molar refractivity (Wildman–Crippen MR) is 81.2 cm³/mol. The molecule has 2 unspecified atom stereocenters. The average Bonchev–Trinajstić information content (AvgIpc) is 2.67. The number of rotatable bonds is 5. The fraction of sp³-hybridized carbons (Fsp3) is 0.750. The molecule has 2 rings (SSSR count). The quantitative estimate of drug-likeness (QED) is 0.837. The third-order valence-corrected chi connectivity index (χ3v) is 5.99. The molecular formula is C16H27NS. The van der Waals surface area contributed by atoms with Crippen molar-refractivity contribution in [1.82, 2.24) is 5.32 Å². The van der Waals surface area contributed by atoms with E-state index in [-0.39, 0.29) is 0 Å². The average molecular weight is 265 g/mol. The van der Waals surface area contributed by atoms with Crippen LogP contribution in [-0.2, 0) is 5.41 Å². The highest BCUT2D eigenvalue weighted by Gasteiger charge is 2.72. The minimum Gasteiger partial charge on any atom is -0.314 e. The highest BCUT2D eigenvalue weighted by Crippen LogP contribution is 2.73. The molecule has 1 nitrogen and oxygen atoms in total. The molecule has 0 bridgehead atoms. The highest BCUT2D eigenvalue weighted by atomic mass is 32.1. The van der Waals surface area contributed by atoms with Crippen molar-refractivity contribution in [1.29, 1.82) is 0 Å². The second-order valence-corrected chi connectivity index (χ2v) is 7.79. The summed E-state index contributed by atoms with van der Waals surface area (Å²) in [5.74, 6) is 1.45. The molecule has 1 aliphatic carbocycles. The van der Waals surface area contributed by atoms with Crippen molar-refractivity contribution in [3.63, 3.8) is 0 Å². The number of nitrogens with one attached hydrogen (secondary N) is 1. The van der Waals surface area contributed by atoms with Crippen LogP contribution in [-0.4, -0.2) is 12.6 Å². The molecule has 0 saturated heterocycles. The first-order valence-corrected chi connectivity index (χ1v) is 8.00. The lowest BCUT2D eigenvalue weighted by molar-refractivity contribution is 0.386. The first-order valence-electron chi connectivity index (χ1n) is 7.12. The van der Waals surface area contributed by atoms with Crippen molar-refractivity contribution in [3.05, 3.63) is 22.4 Å². The second-order valence-electron chi connectivity index (χ2n) is 6.84. The second kappa shape index (κ2) is 4.64. The largest absolute Gasteiger partial charge is 0.314 e. The van der Waals surface area contributed by atoms with Gasteiger partial charge in [0.05, 0.1) is 0 Å². The molecule has 0 aromatic carbocycles. The van der Waals surface area contributed by atoms with Crippen LogP contribution in [0.25, 0.3) is 0 Å². The molecule has 1 saturated carbocycles. The van der Waals surface area contributed by atoms with Gasteiger partial charge in [-0.25, -0.2) is 0 Å². The Kier molecular flexibility index (Phi) is 3.63. The topological polar surface area (TPSA) is 12.0 Å². The minimum absolute atomic E-state index is 0.378. The minimum atomic E-state index is 0.378. The van der Waals surface area contributed by atoms with E-state index in [1.165, 1.54) is 0 Å². The molecule has 1 aromatic rings. The summed E-state index contributed by atoms with van der Waals surface area (Å²) in [5.41, 5.74) is 0.789. The van der Waals surface area contributed by atoms with Crippen LogP contribution in [0.2, 0.25) is 0 Å². The van der Waals surface area contributed by atoms with Crippen LogP contribution in [0, 0.1) is 17.3 Å². The van der Waals surface area contributed by atoms with Gasteiger partial charge < -0.3 is 5.32 Å². The molecule has 2 atom stereocenters. The van der Waals surface area contributed by atoms with Crippen molar-refractivity contribution in [3.8, 4) is 0 Å². The van der Waals surface area contributed by atoms with Gasteiger partial charge in [0.15, 0.2) is 0 Å². The summed E-state index contributed by atoms with van der Waals surface area (Å²) < 4.78 is 0. The van der Waals surface area contributed by atoms with Crippen LogP contribution in [0.1, 0.15) is 46.4 Å². The van der Waals surface area contributed by atoms with Crippen LogP contribution in [0.5, 0.6) is 0 Å². The van der Waals surface area contributed by atoms with Gasteiger partial charge in [-0.1, -0.05) is 47.6 Å². The van der Waals surface area contributed by atoms with Gasteiger partial charge in [-0.3, -0.25) is 0 Å². The maximum atomic E-state index is 3.64. The number of hydrogen-bond donors (Lipinski definition) is 1. The summed E-state index contributed by atoms with van der Waals surface area (Å²) in [7, 11) is 0. The van der Waals surface area contributed by atoms with Crippen LogP contribution >= 0.6 is 11.3 Å². The van der Waals surface area contributed by atoms with Gasteiger partial charge >= 0.3 is 0 Å². The molecule has 102 valence electrons. The monoisotopic (exact) mass is 265 g/mol. The lowest BCUT2D eigenvalue weighted by atomic mass is 9.83. The zero-order valence-electron chi connectivity index (χ0n) is 12.6. The highest BCUT2D eigenvalue weighted by molar-refractivity contribution is 7.10. The molecule has 0 radical (unpaired) electrons. The van der Waals surface area contributed by atoms with Gasteiger partial charge in [0, 0.05) is 16.3 Å². The Bertz CT molecular complexity index is 391. The van der Waals surface area contributed by atoms with E-state index < -0.39 is 0 Å². The predicted octanol–water partition coefficient (Wildman–Crippen LogP) is 4.30. The van der Waals surface area contributed by atoms with Gasteiger partial charge in [-0.2, -0.15) is 0 Å². The maximum absolute atomic E-state index is 3.64. The van der Waals surface area contributed by atoms with Crippen LogP contribution < -0.4 is 5.32 Å². The summed E-state index contributed by atoms with van der Waals surface area (Å²) in [6.07, 6.45) is 0. The van der Waals surface area contributed by atoms with E-state index in [0.717, 1.165) is 12.5 Å². The summed E-state index contributed by atoms with van der Waals surface area (Å²) in [5, 5.41) is 5.86. The molecular weight excluding hydrogens is 238 g/mol. The summed E-state index contributed by atoms with van der Waals surface area (Å²) in [6, 6.07) is 5.11. The molecule has 0 aliphatic heterocycles. The van der Waals surface area contributed by atoms with E-state index in [4.69, 9.17) is 0 Å². The lowest BCUT2D eigenvalue weighted by Gasteiger charge is -2.24. The SMILES string of the molecule is CC(C)NCC1C(C)(C)C1(c1cccs1)C(C)C. The van der Waals surface area contributed by atoms with Gasteiger partial charge in [0.1, 0.15) is 0 Å². The van der Waals surface area contributed by atoms with Crippen molar-refractivity contribution < 1.29 is 0 Å². The van der Waals surface area contributed by atoms with E-state index in [2.05, 4.69) is 64.4 Å². The molecule has 1 N–H and O–H groups in total. The Hall–Kier alpha value is -0.340. The van der Waals surface area contributed by atoms with Crippen LogP contribution in [0.15, 0.2) is 17.5 Å². The van der Waals surface area contributed by atoms with Gasteiger partial charge in [-0.15, -0.1) is 11.3 Å². The summed E-state index contributed by atoms with van der Waals surface area (Å²) in [6.45, 7) is 15.3. The standard InChI is InChI=1S/C16H27NS/c1-11(2)16(14-8-7-9-18-14)13(15(16,5)6)10-17-12(3)4/h7-9,11-13,17H,10H2,1-6H3. The molecule has 2 heteroatoms. The number of thiophene rings is 1. The van der Waals surface area contributed by atoms with E-state index in [9.17, 15) is 0 Å².